The normalized spacial score (nSPS) is 14.9. The summed E-state index contributed by atoms with van der Waals surface area (Å²) in [5, 5.41) is 4.06. The molecule has 120 valence electrons. The molecule has 0 aromatic rings. The minimum atomic E-state index is -1.49. The molecule has 0 saturated carbocycles. The van der Waals surface area contributed by atoms with Gasteiger partial charge in [-0.3, -0.25) is 0 Å². The summed E-state index contributed by atoms with van der Waals surface area (Å²) in [6.07, 6.45) is 6.87. The van der Waals surface area contributed by atoms with Crippen LogP contribution in [-0.4, -0.2) is 34.9 Å². The second-order valence-electron chi connectivity index (χ2n) is 8.06. The van der Waals surface area contributed by atoms with Crippen LogP contribution in [0, 0.1) is 5.41 Å². The fourth-order valence-electron chi connectivity index (χ4n) is 1.24. The molecule has 0 bridgehead atoms. The number of aliphatic imine (C=N–C) groups is 1. The zero-order valence-electron chi connectivity index (χ0n) is 16.1. The van der Waals surface area contributed by atoms with Gasteiger partial charge in [0.25, 0.3) is 0 Å². The van der Waals surface area contributed by atoms with Crippen molar-refractivity contribution in [3.63, 3.8) is 0 Å². The van der Waals surface area contributed by atoms with Gasteiger partial charge in [-0.05, 0) is 44.6 Å². The summed E-state index contributed by atoms with van der Waals surface area (Å²) in [6, 6.07) is 0. The van der Waals surface area contributed by atoms with E-state index in [2.05, 4.69) is 75.0 Å². The molecule has 0 rings (SSSR count). The van der Waals surface area contributed by atoms with Gasteiger partial charge in [0.05, 0.1) is 8.24 Å². The maximum Gasteiger partial charge on any atom is 1.00 e. The molecule has 0 heterocycles. The van der Waals surface area contributed by atoms with Crippen molar-refractivity contribution in [2.45, 2.75) is 60.1 Å². The van der Waals surface area contributed by atoms with Crippen LogP contribution in [-0.2, 0) is 0 Å². The first-order chi connectivity index (χ1) is 9.31. The van der Waals surface area contributed by atoms with Crippen LogP contribution in [0.2, 0.25) is 39.3 Å². The summed E-state index contributed by atoms with van der Waals surface area (Å²) in [5.74, 6) is 0. The molecule has 0 saturated heterocycles. The van der Waals surface area contributed by atoms with E-state index in [1.807, 2.05) is 6.08 Å². The van der Waals surface area contributed by atoms with Crippen molar-refractivity contribution in [3.05, 3.63) is 17.6 Å². The predicted octanol–water partition coefficient (Wildman–Crippen LogP) is 2.09. The first-order valence-electron chi connectivity index (χ1n) is 7.33. The van der Waals surface area contributed by atoms with Crippen LogP contribution in [0.3, 0.4) is 0 Å². The number of rotatable bonds is 6. The van der Waals surface area contributed by atoms with Crippen molar-refractivity contribution in [2.24, 2.45) is 19.7 Å². The summed E-state index contributed by atoms with van der Waals surface area (Å²) < 4.78 is 9.28. The smallest absolute Gasteiger partial charge is 0.420 e. The largest absolute Gasteiger partial charge is 1.00 e. The molecule has 0 spiro atoms. The maximum absolute atomic E-state index is 4.89. The van der Waals surface area contributed by atoms with Gasteiger partial charge in [0.15, 0.2) is 8.24 Å². The van der Waals surface area contributed by atoms with E-state index in [1.165, 1.54) is 6.34 Å². The van der Waals surface area contributed by atoms with Gasteiger partial charge in [-0.15, -0.1) is 0 Å². The molecular weight excluding hydrogens is 299 g/mol. The molecule has 0 radical (unpaired) electrons. The number of hydrogen-bond acceptors (Lipinski definition) is 3. The summed E-state index contributed by atoms with van der Waals surface area (Å²) in [4.78, 5) is 4.16. The van der Waals surface area contributed by atoms with Gasteiger partial charge >= 0.3 is 18.9 Å². The molecule has 22 heavy (non-hydrogen) atoms. The van der Waals surface area contributed by atoms with Crippen molar-refractivity contribution < 1.29 is 18.9 Å². The molecule has 0 aliphatic rings. The molecule has 0 atom stereocenters. The van der Waals surface area contributed by atoms with E-state index >= 15 is 0 Å². The zero-order valence-corrected chi connectivity index (χ0v) is 18.1. The summed E-state index contributed by atoms with van der Waals surface area (Å²) in [7, 11) is -2.90. The van der Waals surface area contributed by atoms with Gasteiger partial charge < -0.3 is 19.6 Å². The van der Waals surface area contributed by atoms with Gasteiger partial charge in [-0.1, -0.05) is 40.4 Å². The van der Waals surface area contributed by atoms with E-state index in [9.17, 15) is 0 Å². The van der Waals surface area contributed by atoms with Gasteiger partial charge in [-0.25, -0.2) is 0 Å². The summed E-state index contributed by atoms with van der Waals surface area (Å²) in [6.45, 7) is 19.7. The van der Waals surface area contributed by atoms with Crippen molar-refractivity contribution in [1.29, 1.82) is 0 Å². The molecule has 0 N–H and O–H groups in total. The maximum atomic E-state index is 4.89. The number of nitrogens with zero attached hydrogens (tertiary/aromatic N) is 4. The Morgan fingerprint density at radius 1 is 0.909 bits per heavy atom. The molecule has 0 aliphatic heterocycles. The Morgan fingerprint density at radius 3 is 1.86 bits per heavy atom. The van der Waals surface area contributed by atoms with Crippen LogP contribution < -0.4 is 18.9 Å². The summed E-state index contributed by atoms with van der Waals surface area (Å²) in [5.41, 5.74) is 1.12. The van der Waals surface area contributed by atoms with Gasteiger partial charge in [0.1, 0.15) is 0 Å². The van der Waals surface area contributed by atoms with Crippen LogP contribution in [0.5, 0.6) is 0 Å². The van der Waals surface area contributed by atoms with E-state index in [-0.39, 0.29) is 24.3 Å². The Bertz CT molecular complexity index is 436. The first kappa shape index (κ1) is 23.8. The van der Waals surface area contributed by atoms with Gasteiger partial charge in [0.2, 0.25) is 0 Å². The third kappa shape index (κ3) is 14.5. The van der Waals surface area contributed by atoms with Crippen molar-refractivity contribution >= 4 is 34.9 Å². The summed E-state index contributed by atoms with van der Waals surface area (Å²) >= 11 is 0. The second-order valence-corrected chi connectivity index (χ2v) is 17.2. The molecule has 0 amide bonds. The van der Waals surface area contributed by atoms with Crippen molar-refractivity contribution in [3.8, 4) is 0 Å². The first-order valence-corrected chi connectivity index (χ1v) is 14.2. The zero-order chi connectivity index (χ0) is 16.7. The number of allylic oxidation sites excluding steroid dienone is 1. The van der Waals surface area contributed by atoms with E-state index in [0.717, 1.165) is 5.71 Å². The average Bonchev–Trinajstić information content (AvgIpc) is 2.21. The van der Waals surface area contributed by atoms with Crippen molar-refractivity contribution in [1.82, 2.24) is 0 Å². The third-order valence-corrected chi connectivity index (χ3v) is 3.99. The van der Waals surface area contributed by atoms with Crippen molar-refractivity contribution in [2.75, 3.05) is 0 Å². The van der Waals surface area contributed by atoms with Crippen LogP contribution in [0.1, 0.15) is 20.8 Å². The Balaban J connectivity index is 0. The minimum Gasteiger partial charge on any atom is -0.420 e. The molecule has 0 aromatic carbocycles. The molecule has 4 nitrogen and oxygen atoms in total. The fourth-order valence-corrected chi connectivity index (χ4v) is 2.79. The Kier molecular flexibility index (Phi) is 10.5. The van der Waals surface area contributed by atoms with Crippen LogP contribution in [0.4, 0.5) is 0 Å². The Morgan fingerprint density at radius 2 is 1.45 bits per heavy atom. The monoisotopic (exact) mass is 330 g/mol. The van der Waals surface area contributed by atoms with E-state index in [1.54, 1.807) is 12.5 Å². The van der Waals surface area contributed by atoms with Crippen LogP contribution >= 0.6 is 0 Å². The topological polar surface area (TPSA) is 51.2 Å². The van der Waals surface area contributed by atoms with E-state index in [0.29, 0.717) is 0 Å². The molecule has 0 aliphatic carbocycles. The molecule has 7 heteroatoms. The quantitative estimate of drug-likeness (QED) is 0.407. The number of hydrogen-bond donors (Lipinski definition) is 0. The SMILES string of the molecule is CC(C)(C)C(/C=C/N=C[N-]/C=N/[Si](C)(C)C)=N\[Si](C)(C)C.[Li+]. The van der Waals surface area contributed by atoms with Crippen LogP contribution in [0.25, 0.3) is 5.32 Å². The molecule has 0 aromatic heterocycles. The average molecular weight is 331 g/mol. The van der Waals surface area contributed by atoms with E-state index < -0.39 is 16.5 Å². The second kappa shape index (κ2) is 9.66. The standard InChI is InChI=1S/C15H31N4Si2.Li/c1-15(2,3)14(19-21(7,8)9)10-11-16-12-17-13-18-20(4,5)6;/h10-13H,1-9H3;/q-1;+1/b11-10+,19-14-;. The fraction of sp³-hybridized carbons (Fsp3) is 0.667. The molecular formula is C15H31LiN4Si2. The van der Waals surface area contributed by atoms with Gasteiger partial charge in [-0.2, -0.15) is 0 Å². The van der Waals surface area contributed by atoms with E-state index in [4.69, 9.17) is 4.66 Å². The third-order valence-electron chi connectivity index (χ3n) is 2.19. The minimum absolute atomic E-state index is 0. The molecule has 0 fully saturated rings. The van der Waals surface area contributed by atoms with Crippen LogP contribution in [0.15, 0.2) is 26.6 Å². The van der Waals surface area contributed by atoms with Gasteiger partial charge in [0, 0.05) is 11.1 Å². The Hall–Kier alpha value is -0.419. The predicted molar refractivity (Wildman–Crippen MR) is 103 cm³/mol. The molecule has 0 unspecified atom stereocenters. The Labute approximate surface area is 151 Å².